The van der Waals surface area contributed by atoms with Crippen LogP contribution in [0.4, 0.5) is 0 Å². The lowest BCUT2D eigenvalue weighted by Gasteiger charge is -2.31. The maximum atomic E-state index is 12.0. The van der Waals surface area contributed by atoms with E-state index in [9.17, 15) is 9.59 Å². The normalized spacial score (nSPS) is 19.9. The maximum absolute atomic E-state index is 12.0. The summed E-state index contributed by atoms with van der Waals surface area (Å²) < 4.78 is 5.75. The van der Waals surface area contributed by atoms with Crippen molar-refractivity contribution in [2.45, 2.75) is 31.9 Å². The van der Waals surface area contributed by atoms with Crippen LogP contribution in [0.3, 0.4) is 0 Å². The van der Waals surface area contributed by atoms with Gasteiger partial charge in [0.25, 0.3) is 0 Å². The van der Waals surface area contributed by atoms with E-state index in [1.54, 1.807) is 0 Å². The molecule has 0 saturated heterocycles. The summed E-state index contributed by atoms with van der Waals surface area (Å²) >= 11 is 0. The van der Waals surface area contributed by atoms with Crippen LogP contribution in [0.5, 0.6) is 5.75 Å². The Morgan fingerprint density at radius 2 is 2.19 bits per heavy atom. The van der Waals surface area contributed by atoms with Crippen LogP contribution in [0, 0.1) is 0 Å². The molecule has 2 N–H and O–H groups in total. The zero-order valence-electron chi connectivity index (χ0n) is 12.1. The molecule has 5 nitrogen and oxygen atoms in total. The van der Waals surface area contributed by atoms with Crippen LogP contribution in [0.2, 0.25) is 0 Å². The van der Waals surface area contributed by atoms with E-state index in [0.29, 0.717) is 6.54 Å². The maximum Gasteiger partial charge on any atom is 0.243 e. The van der Waals surface area contributed by atoms with Crippen molar-refractivity contribution in [1.29, 1.82) is 0 Å². The van der Waals surface area contributed by atoms with Crippen molar-refractivity contribution in [3.8, 4) is 5.75 Å². The van der Waals surface area contributed by atoms with E-state index in [0.717, 1.165) is 17.7 Å². The molecule has 0 radical (unpaired) electrons. The molecule has 0 fully saturated rings. The van der Waals surface area contributed by atoms with Crippen LogP contribution < -0.4 is 15.4 Å². The Labute approximate surface area is 124 Å². The number of fused-ring (bicyclic) bond motifs is 1. The van der Waals surface area contributed by atoms with Crippen molar-refractivity contribution in [3.05, 3.63) is 42.5 Å². The molecular weight excluding hydrogens is 268 g/mol. The highest BCUT2D eigenvalue weighted by Crippen LogP contribution is 2.34. The van der Waals surface area contributed by atoms with Gasteiger partial charge < -0.3 is 15.4 Å². The molecule has 5 heteroatoms. The van der Waals surface area contributed by atoms with Crippen LogP contribution in [0.15, 0.2) is 36.9 Å². The summed E-state index contributed by atoms with van der Waals surface area (Å²) in [6.07, 6.45) is 2.23. The SMILES string of the molecule is C=CC(=O)NCCC(=O)N[C@@H]1C[C@@H](C)Oc2ccccc21. The first-order chi connectivity index (χ1) is 10.1. The fourth-order valence-electron chi connectivity index (χ4n) is 2.37. The van der Waals surface area contributed by atoms with Crippen molar-refractivity contribution >= 4 is 11.8 Å². The number of hydrogen-bond donors (Lipinski definition) is 2. The van der Waals surface area contributed by atoms with Gasteiger partial charge in [0.2, 0.25) is 11.8 Å². The van der Waals surface area contributed by atoms with Gasteiger partial charge in [0, 0.05) is 24.9 Å². The minimum atomic E-state index is -0.271. The molecule has 2 amide bonds. The summed E-state index contributed by atoms with van der Waals surface area (Å²) in [5.74, 6) is 0.461. The standard InChI is InChI=1S/C16H20N2O3/c1-3-15(19)17-9-8-16(20)18-13-10-11(2)21-14-7-5-4-6-12(13)14/h3-7,11,13H,1,8-10H2,2H3,(H,17,19)(H,18,20)/t11-,13-/m1/s1. The van der Waals surface area contributed by atoms with E-state index in [1.807, 2.05) is 31.2 Å². The number of amides is 2. The summed E-state index contributed by atoms with van der Waals surface area (Å²) in [6.45, 7) is 5.65. The minimum absolute atomic E-state index is 0.0486. The molecule has 2 atom stereocenters. The van der Waals surface area contributed by atoms with Gasteiger partial charge in [-0.3, -0.25) is 9.59 Å². The fraction of sp³-hybridized carbons (Fsp3) is 0.375. The highest BCUT2D eigenvalue weighted by Gasteiger charge is 2.26. The summed E-state index contributed by atoms with van der Waals surface area (Å²) in [6, 6.07) is 7.68. The number of nitrogens with one attached hydrogen (secondary N) is 2. The van der Waals surface area contributed by atoms with Gasteiger partial charge in [-0.2, -0.15) is 0 Å². The Bertz CT molecular complexity index is 542. The van der Waals surface area contributed by atoms with Crippen molar-refractivity contribution in [3.63, 3.8) is 0 Å². The Kier molecular flexibility index (Phi) is 4.98. The molecule has 21 heavy (non-hydrogen) atoms. The highest BCUT2D eigenvalue weighted by atomic mass is 16.5. The predicted octanol–water partition coefficient (Wildman–Crippen LogP) is 1.71. The lowest BCUT2D eigenvalue weighted by molar-refractivity contribution is -0.122. The third-order valence-corrected chi connectivity index (χ3v) is 3.36. The average Bonchev–Trinajstić information content (AvgIpc) is 2.46. The number of carbonyl (C=O) groups is 2. The first-order valence-electron chi connectivity index (χ1n) is 7.05. The van der Waals surface area contributed by atoms with Gasteiger partial charge in [0.15, 0.2) is 0 Å². The fourth-order valence-corrected chi connectivity index (χ4v) is 2.37. The largest absolute Gasteiger partial charge is 0.490 e. The molecule has 0 bridgehead atoms. The Hall–Kier alpha value is -2.30. The molecule has 1 aliphatic heterocycles. The molecule has 0 aromatic heterocycles. The van der Waals surface area contributed by atoms with Gasteiger partial charge >= 0.3 is 0 Å². The van der Waals surface area contributed by atoms with Crippen molar-refractivity contribution in [2.75, 3.05) is 6.54 Å². The number of benzene rings is 1. The number of hydrogen-bond acceptors (Lipinski definition) is 3. The monoisotopic (exact) mass is 288 g/mol. The zero-order valence-corrected chi connectivity index (χ0v) is 12.1. The molecule has 2 rings (SSSR count). The molecule has 0 unspecified atom stereocenters. The van der Waals surface area contributed by atoms with E-state index >= 15 is 0 Å². The van der Waals surface area contributed by atoms with E-state index < -0.39 is 0 Å². The number of rotatable bonds is 5. The number of ether oxygens (including phenoxy) is 1. The van der Waals surface area contributed by atoms with E-state index in [4.69, 9.17) is 4.74 Å². The highest BCUT2D eigenvalue weighted by molar-refractivity contribution is 5.87. The second-order valence-electron chi connectivity index (χ2n) is 5.07. The molecule has 1 aromatic carbocycles. The first kappa shape index (κ1) is 15.1. The molecule has 0 saturated carbocycles. The number of para-hydroxylation sites is 1. The van der Waals surface area contributed by atoms with Crippen LogP contribution in [-0.2, 0) is 9.59 Å². The third-order valence-electron chi connectivity index (χ3n) is 3.36. The second-order valence-corrected chi connectivity index (χ2v) is 5.07. The second kappa shape index (κ2) is 6.92. The molecule has 0 aliphatic carbocycles. The summed E-state index contributed by atoms with van der Waals surface area (Å²) in [4.78, 5) is 23.0. The molecule has 1 heterocycles. The van der Waals surface area contributed by atoms with Crippen LogP contribution in [0.1, 0.15) is 31.4 Å². The zero-order chi connectivity index (χ0) is 15.2. The molecule has 1 aliphatic rings. The summed E-state index contributed by atoms with van der Waals surface area (Å²) in [5, 5.41) is 5.59. The van der Waals surface area contributed by atoms with Crippen molar-refractivity contribution in [1.82, 2.24) is 10.6 Å². The van der Waals surface area contributed by atoms with E-state index in [-0.39, 0.29) is 30.4 Å². The summed E-state index contributed by atoms with van der Waals surface area (Å²) in [5.41, 5.74) is 0.999. The number of carbonyl (C=O) groups excluding carboxylic acids is 2. The van der Waals surface area contributed by atoms with E-state index in [2.05, 4.69) is 17.2 Å². The first-order valence-corrected chi connectivity index (χ1v) is 7.05. The van der Waals surface area contributed by atoms with Gasteiger partial charge in [-0.25, -0.2) is 0 Å². The molecular formula is C16H20N2O3. The van der Waals surface area contributed by atoms with Crippen LogP contribution in [0.25, 0.3) is 0 Å². The Balaban J connectivity index is 1.92. The van der Waals surface area contributed by atoms with Crippen molar-refractivity contribution in [2.24, 2.45) is 0 Å². The minimum Gasteiger partial charge on any atom is -0.490 e. The molecule has 112 valence electrons. The van der Waals surface area contributed by atoms with Crippen LogP contribution in [-0.4, -0.2) is 24.5 Å². The van der Waals surface area contributed by atoms with E-state index in [1.165, 1.54) is 6.08 Å². The van der Waals surface area contributed by atoms with Gasteiger partial charge in [-0.1, -0.05) is 24.8 Å². The Morgan fingerprint density at radius 3 is 2.95 bits per heavy atom. The lowest BCUT2D eigenvalue weighted by Crippen LogP contribution is -2.36. The Morgan fingerprint density at radius 1 is 1.43 bits per heavy atom. The van der Waals surface area contributed by atoms with Gasteiger partial charge in [0.1, 0.15) is 5.75 Å². The molecule has 0 spiro atoms. The van der Waals surface area contributed by atoms with Crippen LogP contribution >= 0.6 is 0 Å². The topological polar surface area (TPSA) is 67.4 Å². The van der Waals surface area contributed by atoms with Gasteiger partial charge in [0.05, 0.1) is 12.1 Å². The van der Waals surface area contributed by atoms with Crippen molar-refractivity contribution < 1.29 is 14.3 Å². The average molecular weight is 288 g/mol. The predicted molar refractivity (Wildman–Crippen MR) is 79.9 cm³/mol. The third kappa shape index (κ3) is 4.08. The summed E-state index contributed by atoms with van der Waals surface area (Å²) in [7, 11) is 0. The van der Waals surface area contributed by atoms with Gasteiger partial charge in [-0.05, 0) is 19.1 Å². The lowest BCUT2D eigenvalue weighted by atomic mass is 9.97. The smallest absolute Gasteiger partial charge is 0.243 e. The molecule has 1 aromatic rings. The van der Waals surface area contributed by atoms with Gasteiger partial charge in [-0.15, -0.1) is 0 Å². The quantitative estimate of drug-likeness (QED) is 0.811.